The fourth-order valence-electron chi connectivity index (χ4n) is 5.94. The molecule has 2 atom stereocenters. The summed E-state index contributed by atoms with van der Waals surface area (Å²) in [5.74, 6) is 0.358. The highest BCUT2D eigenvalue weighted by molar-refractivity contribution is 6.06. The zero-order chi connectivity index (χ0) is 20.3. The first-order chi connectivity index (χ1) is 13.1. The van der Waals surface area contributed by atoms with Gasteiger partial charge in [-0.25, -0.2) is 4.79 Å². The number of phenols is 1. The lowest BCUT2D eigenvalue weighted by atomic mass is 9.65. The number of furan rings is 1. The molecule has 4 rings (SSSR count). The summed E-state index contributed by atoms with van der Waals surface area (Å²) >= 11 is 0. The predicted molar refractivity (Wildman–Crippen MR) is 109 cm³/mol. The van der Waals surface area contributed by atoms with E-state index in [1.165, 1.54) is 12.8 Å². The lowest BCUT2D eigenvalue weighted by Crippen LogP contribution is -2.34. The SMILES string of the molecule is CCOC(=O)c1c(C)oc2ccc(O)c(CN3CC4(C)CC3CC(C)(C)C4)c12. The molecule has 28 heavy (non-hydrogen) atoms. The summed E-state index contributed by atoms with van der Waals surface area (Å²) in [6.07, 6.45) is 3.58. The van der Waals surface area contributed by atoms with E-state index in [1.807, 2.05) is 0 Å². The first-order valence-electron chi connectivity index (χ1n) is 10.3. The van der Waals surface area contributed by atoms with Gasteiger partial charge in [-0.15, -0.1) is 0 Å². The minimum atomic E-state index is -0.390. The van der Waals surface area contributed by atoms with Crippen LogP contribution in [0.3, 0.4) is 0 Å². The van der Waals surface area contributed by atoms with Crippen molar-refractivity contribution in [3.63, 3.8) is 0 Å². The van der Waals surface area contributed by atoms with Gasteiger partial charge in [0.05, 0.1) is 6.61 Å². The van der Waals surface area contributed by atoms with Gasteiger partial charge < -0.3 is 14.3 Å². The molecule has 1 aliphatic carbocycles. The predicted octanol–water partition coefficient (Wildman–Crippen LogP) is 5.02. The van der Waals surface area contributed by atoms with Crippen molar-refractivity contribution >= 4 is 16.9 Å². The van der Waals surface area contributed by atoms with Crippen LogP contribution in [0.2, 0.25) is 0 Å². The van der Waals surface area contributed by atoms with Crippen molar-refractivity contribution in [2.75, 3.05) is 13.2 Å². The van der Waals surface area contributed by atoms with Crippen LogP contribution in [0.1, 0.15) is 68.6 Å². The van der Waals surface area contributed by atoms with Crippen LogP contribution >= 0.6 is 0 Å². The average Bonchev–Trinajstić information content (AvgIpc) is 3.02. The van der Waals surface area contributed by atoms with Gasteiger partial charge in [-0.1, -0.05) is 20.8 Å². The van der Waals surface area contributed by atoms with Crippen LogP contribution < -0.4 is 0 Å². The van der Waals surface area contributed by atoms with Crippen molar-refractivity contribution in [1.82, 2.24) is 4.90 Å². The summed E-state index contributed by atoms with van der Waals surface area (Å²) in [5, 5.41) is 11.4. The van der Waals surface area contributed by atoms with E-state index in [2.05, 4.69) is 25.7 Å². The maximum Gasteiger partial charge on any atom is 0.342 e. The maximum absolute atomic E-state index is 12.6. The number of benzene rings is 1. The summed E-state index contributed by atoms with van der Waals surface area (Å²) in [5.41, 5.74) is 2.49. The molecule has 2 fully saturated rings. The minimum Gasteiger partial charge on any atom is -0.508 e. The number of aromatic hydroxyl groups is 1. The summed E-state index contributed by atoms with van der Waals surface area (Å²) < 4.78 is 11.1. The molecule has 2 unspecified atom stereocenters. The molecule has 5 nitrogen and oxygen atoms in total. The van der Waals surface area contributed by atoms with Gasteiger partial charge in [0.15, 0.2) is 0 Å². The molecule has 2 bridgehead atoms. The Balaban J connectivity index is 1.75. The van der Waals surface area contributed by atoms with Gasteiger partial charge in [0.25, 0.3) is 0 Å². The van der Waals surface area contributed by atoms with Crippen molar-refractivity contribution < 1.29 is 19.1 Å². The van der Waals surface area contributed by atoms with Crippen LogP contribution in [0.5, 0.6) is 5.75 Å². The van der Waals surface area contributed by atoms with Gasteiger partial charge in [-0.3, -0.25) is 4.90 Å². The number of esters is 1. The molecule has 1 aromatic carbocycles. The number of nitrogens with zero attached hydrogens (tertiary/aromatic N) is 1. The largest absolute Gasteiger partial charge is 0.508 e. The first kappa shape index (κ1) is 19.3. The summed E-state index contributed by atoms with van der Waals surface area (Å²) in [6, 6.07) is 3.91. The van der Waals surface area contributed by atoms with E-state index in [-0.39, 0.29) is 11.7 Å². The Morgan fingerprint density at radius 2 is 2.07 bits per heavy atom. The molecule has 1 N–H and O–H groups in total. The van der Waals surface area contributed by atoms with E-state index in [0.717, 1.165) is 18.5 Å². The molecule has 152 valence electrons. The number of hydrogen-bond acceptors (Lipinski definition) is 5. The second-order valence-electron chi connectivity index (χ2n) is 9.81. The van der Waals surface area contributed by atoms with Gasteiger partial charge in [-0.2, -0.15) is 0 Å². The van der Waals surface area contributed by atoms with Crippen molar-refractivity contribution in [2.24, 2.45) is 10.8 Å². The van der Waals surface area contributed by atoms with Crippen molar-refractivity contribution in [1.29, 1.82) is 0 Å². The number of carbonyl (C=O) groups excluding carboxylic acids is 1. The van der Waals surface area contributed by atoms with Crippen LogP contribution in [0.15, 0.2) is 16.5 Å². The Kier molecular flexibility index (Phi) is 4.49. The van der Waals surface area contributed by atoms with E-state index < -0.39 is 0 Å². The summed E-state index contributed by atoms with van der Waals surface area (Å²) in [6.45, 7) is 12.6. The molecule has 1 saturated carbocycles. The van der Waals surface area contributed by atoms with Gasteiger partial charge in [0.1, 0.15) is 22.7 Å². The Labute approximate surface area is 166 Å². The van der Waals surface area contributed by atoms with E-state index in [9.17, 15) is 9.90 Å². The van der Waals surface area contributed by atoms with Crippen LogP contribution in [0.4, 0.5) is 0 Å². The van der Waals surface area contributed by atoms with Crippen LogP contribution in [-0.2, 0) is 11.3 Å². The zero-order valence-electron chi connectivity index (χ0n) is 17.6. The number of ether oxygens (including phenoxy) is 1. The lowest BCUT2D eigenvalue weighted by Gasteiger charge is -2.40. The molecule has 0 radical (unpaired) electrons. The van der Waals surface area contributed by atoms with E-state index in [0.29, 0.717) is 52.3 Å². The Morgan fingerprint density at radius 1 is 1.32 bits per heavy atom. The second-order valence-corrected chi connectivity index (χ2v) is 9.81. The van der Waals surface area contributed by atoms with Crippen molar-refractivity contribution in [3.05, 3.63) is 29.0 Å². The number of likely N-dealkylation sites (tertiary alicyclic amines) is 1. The molecule has 2 aromatic rings. The van der Waals surface area contributed by atoms with E-state index >= 15 is 0 Å². The highest BCUT2D eigenvalue weighted by Crippen LogP contribution is 2.53. The van der Waals surface area contributed by atoms with Crippen molar-refractivity contribution in [3.8, 4) is 5.75 Å². The molecule has 1 saturated heterocycles. The molecule has 2 heterocycles. The van der Waals surface area contributed by atoms with Crippen molar-refractivity contribution in [2.45, 2.75) is 66.5 Å². The smallest absolute Gasteiger partial charge is 0.342 e. The molecular formula is C23H31NO4. The highest BCUT2D eigenvalue weighted by Gasteiger charge is 2.49. The number of aryl methyl sites for hydroxylation is 1. The molecule has 1 aromatic heterocycles. The molecular weight excluding hydrogens is 354 g/mol. The topological polar surface area (TPSA) is 62.9 Å². The minimum absolute atomic E-state index is 0.213. The normalized spacial score (nSPS) is 26.7. The zero-order valence-corrected chi connectivity index (χ0v) is 17.6. The van der Waals surface area contributed by atoms with E-state index in [4.69, 9.17) is 9.15 Å². The Hall–Kier alpha value is -2.01. The third kappa shape index (κ3) is 3.20. The number of fused-ring (bicyclic) bond motifs is 3. The Bertz CT molecular complexity index is 928. The molecule has 2 aliphatic rings. The molecule has 1 aliphatic heterocycles. The molecule has 5 heteroatoms. The second kappa shape index (κ2) is 6.51. The fourth-order valence-corrected chi connectivity index (χ4v) is 5.94. The third-order valence-electron chi connectivity index (χ3n) is 6.48. The molecule has 0 amide bonds. The molecule has 0 spiro atoms. The highest BCUT2D eigenvalue weighted by atomic mass is 16.5. The van der Waals surface area contributed by atoms with Crippen LogP contribution in [0.25, 0.3) is 11.0 Å². The Morgan fingerprint density at radius 3 is 2.79 bits per heavy atom. The quantitative estimate of drug-likeness (QED) is 0.749. The van der Waals surface area contributed by atoms with Gasteiger partial charge in [-0.05, 0) is 56.1 Å². The number of hydrogen-bond donors (Lipinski definition) is 1. The lowest BCUT2D eigenvalue weighted by molar-refractivity contribution is 0.0526. The van der Waals surface area contributed by atoms with Gasteiger partial charge in [0, 0.05) is 30.1 Å². The van der Waals surface area contributed by atoms with Gasteiger partial charge >= 0.3 is 5.97 Å². The summed E-state index contributed by atoms with van der Waals surface area (Å²) in [7, 11) is 0. The van der Waals surface area contributed by atoms with Gasteiger partial charge in [0.2, 0.25) is 0 Å². The summed E-state index contributed by atoms with van der Waals surface area (Å²) in [4.78, 5) is 15.1. The number of rotatable bonds is 4. The third-order valence-corrected chi connectivity index (χ3v) is 6.48. The maximum atomic E-state index is 12.6. The number of carbonyl (C=O) groups is 1. The average molecular weight is 386 g/mol. The number of phenolic OH excluding ortho intramolecular Hbond substituents is 1. The standard InChI is InChI=1S/C23H31NO4/c1-6-27-21(26)19-14(2)28-18-8-7-17(25)16(20(18)19)11-24-13-23(5)10-15(24)9-22(3,4)12-23/h7-8,15,25H,6,9-13H2,1-5H3. The van der Waals surface area contributed by atoms with E-state index in [1.54, 1.807) is 26.0 Å². The monoisotopic (exact) mass is 385 g/mol. The van der Waals surface area contributed by atoms with Crippen LogP contribution in [-0.4, -0.2) is 35.2 Å². The fraction of sp³-hybridized carbons (Fsp3) is 0.609. The first-order valence-corrected chi connectivity index (χ1v) is 10.3. The van der Waals surface area contributed by atoms with Crippen LogP contribution in [0, 0.1) is 17.8 Å².